The minimum atomic E-state index is -0.149. The predicted molar refractivity (Wildman–Crippen MR) is 56.5 cm³/mol. The van der Waals surface area contributed by atoms with Gasteiger partial charge < -0.3 is 4.74 Å². The van der Waals surface area contributed by atoms with Gasteiger partial charge in [-0.3, -0.25) is 4.79 Å². The van der Waals surface area contributed by atoms with E-state index in [2.05, 4.69) is 0 Å². The van der Waals surface area contributed by atoms with Gasteiger partial charge >= 0.3 is 0 Å². The Labute approximate surface area is 88.1 Å². The molecule has 0 spiro atoms. The van der Waals surface area contributed by atoms with E-state index < -0.39 is 0 Å². The van der Waals surface area contributed by atoms with Crippen LogP contribution in [0.2, 0.25) is 5.02 Å². The fraction of sp³-hybridized carbons (Fsp3) is 0.182. The number of carbonyl (C=O) groups is 1. The van der Waals surface area contributed by atoms with E-state index in [1.54, 1.807) is 24.3 Å². The van der Waals surface area contributed by atoms with Crippen LogP contribution in [0.5, 0.6) is 0 Å². The smallest absolute Gasteiger partial charge is 0.190 e. The summed E-state index contributed by atoms with van der Waals surface area (Å²) in [5, 5.41) is 0.457. The number of rotatable bonds is 4. The van der Waals surface area contributed by atoms with Crippen molar-refractivity contribution in [2.24, 2.45) is 0 Å². The Bertz CT molecular complexity index is 345. The van der Waals surface area contributed by atoms with Crippen LogP contribution in [0.25, 0.3) is 0 Å². The van der Waals surface area contributed by atoms with Crippen molar-refractivity contribution in [1.82, 2.24) is 0 Å². The van der Waals surface area contributed by atoms with Crippen molar-refractivity contribution in [3.05, 3.63) is 47.2 Å². The fourth-order valence-electron chi connectivity index (χ4n) is 0.957. The molecule has 2 nitrogen and oxygen atoms in total. The van der Waals surface area contributed by atoms with E-state index in [1.165, 1.54) is 12.3 Å². The predicted octanol–water partition coefficient (Wildman–Crippen LogP) is 3.07. The molecule has 0 amide bonds. The van der Waals surface area contributed by atoms with Gasteiger partial charge in [-0.1, -0.05) is 23.7 Å². The molecule has 0 aromatic heterocycles. The fourth-order valence-corrected chi connectivity index (χ4v) is 1.19. The summed E-state index contributed by atoms with van der Waals surface area (Å²) in [6.45, 7) is 2.40. The van der Waals surface area contributed by atoms with Gasteiger partial charge in [0.2, 0.25) is 0 Å². The van der Waals surface area contributed by atoms with E-state index in [0.717, 1.165) is 0 Å². The van der Waals surface area contributed by atoms with Crippen molar-refractivity contribution >= 4 is 17.4 Å². The zero-order valence-electron chi connectivity index (χ0n) is 7.87. The SMILES string of the molecule is CCOC=CC(=O)c1ccccc1Cl. The third kappa shape index (κ3) is 2.89. The Kier molecular flexibility index (Phi) is 4.20. The molecule has 1 aromatic carbocycles. The van der Waals surface area contributed by atoms with Crippen LogP contribution in [0.3, 0.4) is 0 Å². The van der Waals surface area contributed by atoms with Crippen molar-refractivity contribution in [1.29, 1.82) is 0 Å². The number of hydrogen-bond acceptors (Lipinski definition) is 2. The zero-order chi connectivity index (χ0) is 10.4. The largest absolute Gasteiger partial charge is 0.501 e. The minimum Gasteiger partial charge on any atom is -0.501 e. The van der Waals surface area contributed by atoms with Crippen LogP contribution >= 0.6 is 11.6 Å². The molecular weight excluding hydrogens is 200 g/mol. The molecule has 0 unspecified atom stereocenters. The maximum atomic E-state index is 11.5. The Balaban J connectivity index is 2.75. The van der Waals surface area contributed by atoms with Gasteiger partial charge in [0.1, 0.15) is 0 Å². The van der Waals surface area contributed by atoms with E-state index in [0.29, 0.717) is 17.2 Å². The number of carbonyl (C=O) groups excluding carboxylic acids is 1. The average molecular weight is 211 g/mol. The van der Waals surface area contributed by atoms with Crippen molar-refractivity contribution in [3.8, 4) is 0 Å². The van der Waals surface area contributed by atoms with Gasteiger partial charge in [0, 0.05) is 11.6 Å². The molecule has 0 fully saturated rings. The molecule has 0 aliphatic heterocycles. The number of ketones is 1. The highest BCUT2D eigenvalue weighted by Crippen LogP contribution is 2.15. The second kappa shape index (κ2) is 5.45. The molecule has 0 saturated carbocycles. The molecule has 0 heterocycles. The molecule has 0 saturated heterocycles. The Morgan fingerprint density at radius 1 is 1.50 bits per heavy atom. The third-order valence-corrected chi connectivity index (χ3v) is 1.95. The van der Waals surface area contributed by atoms with E-state index in [4.69, 9.17) is 16.3 Å². The van der Waals surface area contributed by atoms with Crippen LogP contribution in [0.4, 0.5) is 0 Å². The number of hydrogen-bond donors (Lipinski definition) is 0. The number of halogens is 1. The molecule has 1 rings (SSSR count). The second-order valence-corrected chi connectivity index (χ2v) is 3.01. The summed E-state index contributed by atoms with van der Waals surface area (Å²) < 4.78 is 4.92. The summed E-state index contributed by atoms with van der Waals surface area (Å²) in [6, 6.07) is 6.92. The lowest BCUT2D eigenvalue weighted by Crippen LogP contribution is -1.95. The van der Waals surface area contributed by atoms with Crippen LogP contribution in [-0.4, -0.2) is 12.4 Å². The van der Waals surface area contributed by atoms with E-state index in [-0.39, 0.29) is 5.78 Å². The van der Waals surface area contributed by atoms with Crippen molar-refractivity contribution in [3.63, 3.8) is 0 Å². The molecule has 0 atom stereocenters. The van der Waals surface area contributed by atoms with Crippen molar-refractivity contribution in [2.45, 2.75) is 6.92 Å². The van der Waals surface area contributed by atoms with Crippen molar-refractivity contribution < 1.29 is 9.53 Å². The molecule has 0 aliphatic rings. The quantitative estimate of drug-likeness (QED) is 0.434. The van der Waals surface area contributed by atoms with Gasteiger partial charge in [-0.2, -0.15) is 0 Å². The van der Waals surface area contributed by atoms with Crippen LogP contribution in [0.15, 0.2) is 36.6 Å². The number of allylic oxidation sites excluding steroid dienone is 1. The van der Waals surface area contributed by atoms with Gasteiger partial charge in [0.25, 0.3) is 0 Å². The molecular formula is C11H11ClO2. The zero-order valence-corrected chi connectivity index (χ0v) is 8.62. The minimum absolute atomic E-state index is 0.149. The van der Waals surface area contributed by atoms with Gasteiger partial charge in [-0.05, 0) is 19.1 Å². The summed E-state index contributed by atoms with van der Waals surface area (Å²) in [4.78, 5) is 11.5. The lowest BCUT2D eigenvalue weighted by atomic mass is 10.1. The molecule has 0 bridgehead atoms. The Morgan fingerprint density at radius 3 is 2.86 bits per heavy atom. The molecule has 74 valence electrons. The lowest BCUT2D eigenvalue weighted by molar-refractivity contribution is 0.104. The summed E-state index contributed by atoms with van der Waals surface area (Å²) in [5.41, 5.74) is 0.491. The van der Waals surface area contributed by atoms with E-state index in [1.807, 2.05) is 6.92 Å². The third-order valence-electron chi connectivity index (χ3n) is 1.62. The first-order valence-corrected chi connectivity index (χ1v) is 4.70. The highest BCUT2D eigenvalue weighted by Gasteiger charge is 2.05. The highest BCUT2D eigenvalue weighted by atomic mass is 35.5. The van der Waals surface area contributed by atoms with Gasteiger partial charge in [-0.25, -0.2) is 0 Å². The molecule has 0 N–H and O–H groups in total. The maximum Gasteiger partial charge on any atom is 0.190 e. The van der Waals surface area contributed by atoms with Crippen molar-refractivity contribution in [2.75, 3.05) is 6.61 Å². The molecule has 14 heavy (non-hydrogen) atoms. The second-order valence-electron chi connectivity index (χ2n) is 2.60. The summed E-state index contributed by atoms with van der Waals surface area (Å²) >= 11 is 5.84. The first-order valence-electron chi connectivity index (χ1n) is 4.32. The average Bonchev–Trinajstić information content (AvgIpc) is 2.18. The molecule has 0 aliphatic carbocycles. The van der Waals surface area contributed by atoms with Gasteiger partial charge in [-0.15, -0.1) is 0 Å². The lowest BCUT2D eigenvalue weighted by Gasteiger charge is -1.98. The monoisotopic (exact) mass is 210 g/mol. The molecule has 3 heteroatoms. The Hall–Kier alpha value is -1.28. The van der Waals surface area contributed by atoms with Crippen LogP contribution in [0.1, 0.15) is 17.3 Å². The van der Waals surface area contributed by atoms with E-state index in [9.17, 15) is 4.79 Å². The summed E-state index contributed by atoms with van der Waals surface area (Å²) in [7, 11) is 0. The standard InChI is InChI=1S/C11H11ClO2/c1-2-14-8-7-11(13)9-5-3-4-6-10(9)12/h3-8H,2H2,1H3. The summed E-state index contributed by atoms with van der Waals surface area (Å²) in [6.07, 6.45) is 2.75. The first-order chi connectivity index (χ1) is 6.75. The molecule has 1 aromatic rings. The maximum absolute atomic E-state index is 11.5. The summed E-state index contributed by atoms with van der Waals surface area (Å²) in [5.74, 6) is -0.149. The number of benzene rings is 1. The first kappa shape index (κ1) is 10.8. The van der Waals surface area contributed by atoms with Crippen LogP contribution in [0, 0.1) is 0 Å². The van der Waals surface area contributed by atoms with Gasteiger partial charge in [0.05, 0.1) is 17.9 Å². The van der Waals surface area contributed by atoms with E-state index >= 15 is 0 Å². The number of ether oxygens (including phenoxy) is 1. The van der Waals surface area contributed by atoms with Crippen LogP contribution < -0.4 is 0 Å². The molecule has 0 radical (unpaired) electrons. The normalized spacial score (nSPS) is 10.4. The topological polar surface area (TPSA) is 26.3 Å². The Morgan fingerprint density at radius 2 is 2.21 bits per heavy atom. The highest BCUT2D eigenvalue weighted by molar-refractivity contribution is 6.34. The van der Waals surface area contributed by atoms with Crippen LogP contribution in [-0.2, 0) is 4.74 Å². The van der Waals surface area contributed by atoms with Gasteiger partial charge in [0.15, 0.2) is 5.78 Å².